The Morgan fingerprint density at radius 3 is 2.82 bits per heavy atom. The summed E-state index contributed by atoms with van der Waals surface area (Å²) in [5.74, 6) is 0.608. The average molecular weight is 223 g/mol. The van der Waals surface area contributed by atoms with Gasteiger partial charge in [-0.15, -0.1) is 0 Å². The number of carbonyl (C=O) groups excluding carboxylic acids is 1. The lowest BCUT2D eigenvalue weighted by Crippen LogP contribution is -2.00. The van der Waals surface area contributed by atoms with Gasteiger partial charge in [0.05, 0.1) is 16.6 Å². The van der Waals surface area contributed by atoms with Crippen molar-refractivity contribution in [3.05, 3.63) is 54.5 Å². The van der Waals surface area contributed by atoms with Crippen molar-refractivity contribution in [2.24, 2.45) is 0 Å². The minimum absolute atomic E-state index is 0.552. The molecule has 0 fully saturated rings. The number of carbonyl (C=O) groups is 1. The smallest absolute Gasteiger partial charge is 0.153 e. The van der Waals surface area contributed by atoms with E-state index in [0.29, 0.717) is 11.4 Å². The van der Waals surface area contributed by atoms with Crippen LogP contribution < -0.4 is 0 Å². The fraction of sp³-hybridized carbons (Fsp3) is 0. The molecule has 3 aromatic rings. The van der Waals surface area contributed by atoms with Gasteiger partial charge in [0.1, 0.15) is 12.1 Å². The van der Waals surface area contributed by atoms with Crippen molar-refractivity contribution in [1.82, 2.24) is 14.5 Å². The van der Waals surface area contributed by atoms with Gasteiger partial charge in [-0.3, -0.25) is 9.36 Å². The number of hydrogen-bond donors (Lipinski definition) is 0. The molecule has 0 bridgehead atoms. The highest BCUT2D eigenvalue weighted by molar-refractivity contribution is 5.83. The average Bonchev–Trinajstić information content (AvgIpc) is 2.82. The first-order chi connectivity index (χ1) is 8.40. The quantitative estimate of drug-likeness (QED) is 0.626. The largest absolute Gasteiger partial charge is 0.298 e. The summed E-state index contributed by atoms with van der Waals surface area (Å²) in [7, 11) is 0. The van der Waals surface area contributed by atoms with E-state index >= 15 is 0 Å². The predicted octanol–water partition coefficient (Wildman–Crippen LogP) is 2.23. The summed E-state index contributed by atoms with van der Waals surface area (Å²) in [5.41, 5.74) is 2.37. The van der Waals surface area contributed by atoms with Crippen molar-refractivity contribution in [1.29, 1.82) is 0 Å². The number of imidazole rings is 1. The van der Waals surface area contributed by atoms with Crippen LogP contribution in [0.2, 0.25) is 0 Å². The summed E-state index contributed by atoms with van der Waals surface area (Å²) in [6.07, 6.45) is 4.15. The van der Waals surface area contributed by atoms with E-state index < -0.39 is 0 Å². The molecular formula is C13H9N3O. The van der Waals surface area contributed by atoms with Crippen LogP contribution in [0.1, 0.15) is 10.4 Å². The van der Waals surface area contributed by atoms with Gasteiger partial charge in [0, 0.05) is 6.20 Å². The monoisotopic (exact) mass is 223 g/mol. The Hall–Kier alpha value is -2.49. The first-order valence-corrected chi connectivity index (χ1v) is 5.23. The fourth-order valence-corrected chi connectivity index (χ4v) is 1.83. The van der Waals surface area contributed by atoms with Crippen molar-refractivity contribution < 1.29 is 4.79 Å². The van der Waals surface area contributed by atoms with E-state index in [1.165, 1.54) is 0 Å². The van der Waals surface area contributed by atoms with Crippen molar-refractivity contribution in [3.63, 3.8) is 0 Å². The number of para-hydroxylation sites is 2. The highest BCUT2D eigenvalue weighted by atomic mass is 16.1. The minimum Gasteiger partial charge on any atom is -0.298 e. The molecule has 0 aliphatic carbocycles. The molecule has 0 amide bonds. The van der Waals surface area contributed by atoms with Crippen LogP contribution in [0.25, 0.3) is 16.9 Å². The second-order valence-electron chi connectivity index (χ2n) is 3.64. The summed E-state index contributed by atoms with van der Waals surface area (Å²) < 4.78 is 1.82. The highest BCUT2D eigenvalue weighted by Gasteiger charge is 2.08. The molecule has 3 rings (SSSR count). The molecule has 17 heavy (non-hydrogen) atoms. The van der Waals surface area contributed by atoms with Crippen LogP contribution in [0, 0.1) is 0 Å². The molecule has 0 N–H and O–H groups in total. The Balaban J connectivity index is 2.31. The zero-order valence-corrected chi connectivity index (χ0v) is 8.95. The Morgan fingerprint density at radius 2 is 1.94 bits per heavy atom. The maximum atomic E-state index is 11.0. The predicted molar refractivity (Wildman–Crippen MR) is 64.3 cm³/mol. The third-order valence-corrected chi connectivity index (χ3v) is 2.63. The lowest BCUT2D eigenvalue weighted by atomic mass is 10.2. The molecule has 0 spiro atoms. The van der Waals surface area contributed by atoms with Crippen LogP contribution in [-0.4, -0.2) is 20.8 Å². The number of pyridine rings is 1. The van der Waals surface area contributed by atoms with Crippen molar-refractivity contribution >= 4 is 17.3 Å². The minimum atomic E-state index is 0.552. The van der Waals surface area contributed by atoms with Crippen LogP contribution in [-0.2, 0) is 0 Å². The number of benzene rings is 1. The molecule has 0 aliphatic rings. The zero-order valence-electron chi connectivity index (χ0n) is 8.95. The number of nitrogens with zero attached hydrogens (tertiary/aromatic N) is 3. The van der Waals surface area contributed by atoms with Crippen LogP contribution in [0.4, 0.5) is 0 Å². The summed E-state index contributed by atoms with van der Waals surface area (Å²) in [6.45, 7) is 0. The van der Waals surface area contributed by atoms with Gasteiger partial charge < -0.3 is 0 Å². The molecule has 4 nitrogen and oxygen atoms in total. The zero-order chi connectivity index (χ0) is 11.7. The van der Waals surface area contributed by atoms with Gasteiger partial charge in [0.2, 0.25) is 0 Å². The molecule has 0 unspecified atom stereocenters. The molecule has 2 heterocycles. The van der Waals surface area contributed by atoms with Gasteiger partial charge in [0.25, 0.3) is 0 Å². The van der Waals surface area contributed by atoms with Crippen LogP contribution in [0.15, 0.2) is 48.9 Å². The topological polar surface area (TPSA) is 47.8 Å². The number of aromatic nitrogens is 3. The van der Waals surface area contributed by atoms with E-state index in [4.69, 9.17) is 0 Å². The Bertz CT molecular complexity index is 688. The molecule has 0 saturated carbocycles. The third kappa shape index (κ3) is 1.50. The lowest BCUT2D eigenvalue weighted by Gasteiger charge is -2.04. The van der Waals surface area contributed by atoms with Gasteiger partial charge in [0.15, 0.2) is 6.29 Å². The summed E-state index contributed by atoms with van der Waals surface area (Å²) in [5, 5.41) is 0. The van der Waals surface area contributed by atoms with Gasteiger partial charge in [-0.1, -0.05) is 12.1 Å². The lowest BCUT2D eigenvalue weighted by molar-refractivity contribution is 0.112. The standard InChI is InChI=1S/C13H9N3O/c17-8-10-4-3-7-14-13(10)16-9-15-11-5-1-2-6-12(11)16/h1-9H. The van der Waals surface area contributed by atoms with E-state index in [1.807, 2.05) is 28.8 Å². The van der Waals surface area contributed by atoms with Gasteiger partial charge >= 0.3 is 0 Å². The Kier molecular flexibility index (Phi) is 2.19. The van der Waals surface area contributed by atoms with E-state index in [-0.39, 0.29) is 0 Å². The Labute approximate surface area is 97.6 Å². The second-order valence-corrected chi connectivity index (χ2v) is 3.64. The SMILES string of the molecule is O=Cc1cccnc1-n1cnc2ccccc21. The van der Waals surface area contributed by atoms with Gasteiger partial charge in [-0.25, -0.2) is 9.97 Å². The molecule has 82 valence electrons. The van der Waals surface area contributed by atoms with Crippen LogP contribution in [0.3, 0.4) is 0 Å². The number of fused-ring (bicyclic) bond motifs is 1. The van der Waals surface area contributed by atoms with Crippen LogP contribution in [0.5, 0.6) is 0 Å². The maximum absolute atomic E-state index is 11.0. The number of hydrogen-bond acceptors (Lipinski definition) is 3. The summed E-state index contributed by atoms with van der Waals surface area (Å²) in [6, 6.07) is 11.2. The molecule has 4 heteroatoms. The molecule has 1 aromatic carbocycles. The van der Waals surface area contributed by atoms with E-state index in [9.17, 15) is 4.79 Å². The first kappa shape index (κ1) is 9.72. The maximum Gasteiger partial charge on any atom is 0.153 e. The highest BCUT2D eigenvalue weighted by Crippen LogP contribution is 2.17. The normalized spacial score (nSPS) is 10.6. The van der Waals surface area contributed by atoms with Crippen molar-refractivity contribution in [2.45, 2.75) is 0 Å². The van der Waals surface area contributed by atoms with Crippen LogP contribution >= 0.6 is 0 Å². The molecular weight excluding hydrogens is 214 g/mol. The molecule has 2 aromatic heterocycles. The molecule has 0 aliphatic heterocycles. The Morgan fingerprint density at radius 1 is 1.06 bits per heavy atom. The first-order valence-electron chi connectivity index (χ1n) is 5.23. The second kappa shape index (κ2) is 3.83. The third-order valence-electron chi connectivity index (χ3n) is 2.63. The molecule has 0 saturated heterocycles. The number of aldehydes is 1. The van der Waals surface area contributed by atoms with E-state index in [1.54, 1.807) is 24.7 Å². The number of rotatable bonds is 2. The molecule has 0 radical (unpaired) electrons. The van der Waals surface area contributed by atoms with E-state index in [2.05, 4.69) is 9.97 Å². The summed E-state index contributed by atoms with van der Waals surface area (Å²) >= 11 is 0. The van der Waals surface area contributed by atoms with Crippen molar-refractivity contribution in [3.8, 4) is 5.82 Å². The van der Waals surface area contributed by atoms with Gasteiger partial charge in [-0.2, -0.15) is 0 Å². The van der Waals surface area contributed by atoms with Crippen molar-refractivity contribution in [2.75, 3.05) is 0 Å². The van der Waals surface area contributed by atoms with Gasteiger partial charge in [-0.05, 0) is 24.3 Å². The fourth-order valence-electron chi connectivity index (χ4n) is 1.83. The summed E-state index contributed by atoms with van der Waals surface area (Å²) in [4.78, 5) is 19.5. The van der Waals surface area contributed by atoms with E-state index in [0.717, 1.165) is 17.3 Å². The molecule has 0 atom stereocenters.